The van der Waals surface area contributed by atoms with Gasteiger partial charge in [-0.1, -0.05) is 31.6 Å². The molecule has 5 heteroatoms. The molecule has 0 aliphatic carbocycles. The molecule has 0 bridgehead atoms. The van der Waals surface area contributed by atoms with Crippen LogP contribution in [0.1, 0.15) is 32.8 Å². The monoisotopic (exact) mass is 299 g/mol. The van der Waals surface area contributed by atoms with Gasteiger partial charge < -0.3 is 10.6 Å². The molecule has 0 atom stereocenters. The maximum absolute atomic E-state index is 11.8. The predicted molar refractivity (Wildman–Crippen MR) is 85.7 cm³/mol. The Balaban J connectivity index is 2.55. The van der Waals surface area contributed by atoms with E-state index in [0.29, 0.717) is 18.2 Å². The fourth-order valence-corrected chi connectivity index (χ4v) is 1.59. The van der Waals surface area contributed by atoms with E-state index in [9.17, 15) is 9.59 Å². The van der Waals surface area contributed by atoms with Gasteiger partial charge >= 0.3 is 0 Å². The van der Waals surface area contributed by atoms with Gasteiger partial charge in [-0.15, -0.1) is 0 Å². The number of nitrogens with zero attached hydrogens (tertiary/aromatic N) is 1. The summed E-state index contributed by atoms with van der Waals surface area (Å²) in [5.74, 6) is -0.111. The molecule has 2 N–H and O–H groups in total. The van der Waals surface area contributed by atoms with Crippen molar-refractivity contribution in [1.29, 1.82) is 5.26 Å². The molecule has 0 spiro atoms. The van der Waals surface area contributed by atoms with Gasteiger partial charge in [0.1, 0.15) is 6.42 Å². The number of nitriles is 1. The molecule has 0 fully saturated rings. The topological polar surface area (TPSA) is 82.0 Å². The Bertz CT molecular complexity index is 595. The highest BCUT2D eigenvalue weighted by atomic mass is 16.2. The van der Waals surface area contributed by atoms with Gasteiger partial charge in [-0.3, -0.25) is 9.59 Å². The first-order chi connectivity index (χ1) is 10.4. The molecule has 0 aliphatic rings. The zero-order valence-corrected chi connectivity index (χ0v) is 13.1. The van der Waals surface area contributed by atoms with Gasteiger partial charge in [0.15, 0.2) is 0 Å². The highest BCUT2D eigenvalue weighted by Crippen LogP contribution is 2.11. The molecular formula is C17H21N3O2. The van der Waals surface area contributed by atoms with Crippen molar-refractivity contribution in [1.82, 2.24) is 5.32 Å². The standard InChI is InChI=1S/C17H21N3O2/c1-12(2)13(3)10-17(22)20-15-6-4-14(5-7-15)11-19-16(21)8-9-18/h4-7,10,12H,8,11H2,1-3H3,(H,19,21)(H,20,22)/b13-10+. The maximum Gasteiger partial charge on any atom is 0.248 e. The first-order valence-electron chi connectivity index (χ1n) is 7.14. The van der Waals surface area contributed by atoms with Crippen molar-refractivity contribution in [3.05, 3.63) is 41.5 Å². The first-order valence-corrected chi connectivity index (χ1v) is 7.14. The molecular weight excluding hydrogens is 278 g/mol. The van der Waals surface area contributed by atoms with E-state index in [-0.39, 0.29) is 18.2 Å². The van der Waals surface area contributed by atoms with Crippen LogP contribution in [0, 0.1) is 17.2 Å². The van der Waals surface area contributed by atoms with Gasteiger partial charge in [0.2, 0.25) is 11.8 Å². The average Bonchev–Trinajstić information content (AvgIpc) is 2.46. The van der Waals surface area contributed by atoms with E-state index in [1.54, 1.807) is 24.3 Å². The molecule has 0 heterocycles. The molecule has 116 valence electrons. The Labute approximate surface area is 131 Å². The number of carbonyl (C=O) groups excluding carboxylic acids is 2. The molecule has 0 aliphatic heterocycles. The Morgan fingerprint density at radius 3 is 2.45 bits per heavy atom. The largest absolute Gasteiger partial charge is 0.351 e. The quantitative estimate of drug-likeness (QED) is 0.792. The fraction of sp³-hybridized carbons (Fsp3) is 0.353. The van der Waals surface area contributed by atoms with Crippen molar-refractivity contribution in [2.75, 3.05) is 5.32 Å². The molecule has 0 saturated carbocycles. The SMILES string of the molecule is C/C(=C\C(=O)Nc1ccc(CNC(=O)CC#N)cc1)C(C)C. The molecule has 1 aromatic carbocycles. The number of rotatable bonds is 6. The maximum atomic E-state index is 11.8. The van der Waals surface area contributed by atoms with Crippen LogP contribution in [0.25, 0.3) is 0 Å². The molecule has 0 radical (unpaired) electrons. The second kappa shape index (κ2) is 8.63. The predicted octanol–water partition coefficient (Wildman–Crippen LogP) is 2.76. The van der Waals surface area contributed by atoms with Gasteiger partial charge in [0.25, 0.3) is 0 Å². The molecule has 0 unspecified atom stereocenters. The van der Waals surface area contributed by atoms with E-state index in [4.69, 9.17) is 5.26 Å². The number of carbonyl (C=O) groups is 2. The van der Waals surface area contributed by atoms with Crippen LogP contribution in [0.5, 0.6) is 0 Å². The van der Waals surface area contributed by atoms with Crippen molar-refractivity contribution >= 4 is 17.5 Å². The van der Waals surface area contributed by atoms with Crippen LogP contribution in [0.3, 0.4) is 0 Å². The molecule has 0 saturated heterocycles. The summed E-state index contributed by atoms with van der Waals surface area (Å²) in [6.07, 6.45) is 1.45. The van der Waals surface area contributed by atoms with Crippen molar-refractivity contribution in [3.63, 3.8) is 0 Å². The third kappa shape index (κ3) is 6.23. The summed E-state index contributed by atoms with van der Waals surface area (Å²) in [6.45, 7) is 6.36. The van der Waals surface area contributed by atoms with Crippen LogP contribution in [0.4, 0.5) is 5.69 Å². The van der Waals surface area contributed by atoms with E-state index >= 15 is 0 Å². The summed E-state index contributed by atoms with van der Waals surface area (Å²) in [7, 11) is 0. The average molecular weight is 299 g/mol. The third-order valence-corrected chi connectivity index (χ3v) is 3.22. The summed E-state index contributed by atoms with van der Waals surface area (Å²) < 4.78 is 0. The van der Waals surface area contributed by atoms with E-state index in [2.05, 4.69) is 10.6 Å². The van der Waals surface area contributed by atoms with Crippen LogP contribution in [0.15, 0.2) is 35.9 Å². The van der Waals surface area contributed by atoms with Crippen LogP contribution >= 0.6 is 0 Å². The minimum absolute atomic E-state index is 0.143. The number of hydrogen-bond donors (Lipinski definition) is 2. The highest BCUT2D eigenvalue weighted by Gasteiger charge is 2.03. The first kappa shape index (κ1) is 17.4. The van der Waals surface area contributed by atoms with Crippen LogP contribution in [-0.2, 0) is 16.1 Å². The van der Waals surface area contributed by atoms with Crippen molar-refractivity contribution in [2.24, 2.45) is 5.92 Å². The van der Waals surface area contributed by atoms with Crippen LogP contribution in [-0.4, -0.2) is 11.8 Å². The Kier molecular flexibility index (Phi) is 6.84. The lowest BCUT2D eigenvalue weighted by Crippen LogP contribution is -2.21. The van der Waals surface area contributed by atoms with Gasteiger partial charge in [0.05, 0.1) is 6.07 Å². The molecule has 2 amide bonds. The highest BCUT2D eigenvalue weighted by molar-refractivity contribution is 5.99. The second-order valence-corrected chi connectivity index (χ2v) is 5.34. The van der Waals surface area contributed by atoms with Gasteiger partial charge in [-0.2, -0.15) is 5.26 Å². The fourth-order valence-electron chi connectivity index (χ4n) is 1.59. The normalized spacial score (nSPS) is 11.0. The number of nitrogens with one attached hydrogen (secondary N) is 2. The van der Waals surface area contributed by atoms with E-state index in [1.807, 2.05) is 32.9 Å². The van der Waals surface area contributed by atoms with Crippen LogP contribution in [0.2, 0.25) is 0 Å². The van der Waals surface area contributed by atoms with Crippen molar-refractivity contribution in [2.45, 2.75) is 33.7 Å². The van der Waals surface area contributed by atoms with Crippen molar-refractivity contribution < 1.29 is 9.59 Å². The minimum Gasteiger partial charge on any atom is -0.351 e. The Morgan fingerprint density at radius 1 is 1.27 bits per heavy atom. The number of allylic oxidation sites excluding steroid dienone is 1. The van der Waals surface area contributed by atoms with E-state index in [1.165, 1.54) is 0 Å². The Hall–Kier alpha value is -2.61. The lowest BCUT2D eigenvalue weighted by Gasteiger charge is -2.07. The van der Waals surface area contributed by atoms with E-state index in [0.717, 1.165) is 11.1 Å². The number of hydrogen-bond acceptors (Lipinski definition) is 3. The van der Waals surface area contributed by atoms with Gasteiger partial charge in [-0.25, -0.2) is 0 Å². The minimum atomic E-state index is -0.297. The number of anilines is 1. The summed E-state index contributed by atoms with van der Waals surface area (Å²) in [4.78, 5) is 23.0. The summed E-state index contributed by atoms with van der Waals surface area (Å²) in [5, 5.41) is 13.8. The molecule has 1 rings (SSSR count). The number of amides is 2. The molecule has 1 aromatic rings. The molecule has 0 aromatic heterocycles. The Morgan fingerprint density at radius 2 is 1.91 bits per heavy atom. The van der Waals surface area contributed by atoms with Gasteiger partial charge in [0, 0.05) is 18.3 Å². The van der Waals surface area contributed by atoms with Crippen LogP contribution < -0.4 is 10.6 Å². The lowest BCUT2D eigenvalue weighted by molar-refractivity contribution is -0.120. The lowest BCUT2D eigenvalue weighted by atomic mass is 10.1. The summed E-state index contributed by atoms with van der Waals surface area (Å²) >= 11 is 0. The van der Waals surface area contributed by atoms with Gasteiger partial charge in [-0.05, 0) is 30.5 Å². The summed E-state index contributed by atoms with van der Waals surface area (Å²) in [5.41, 5.74) is 2.62. The molecule has 22 heavy (non-hydrogen) atoms. The van der Waals surface area contributed by atoms with Crippen molar-refractivity contribution in [3.8, 4) is 6.07 Å². The zero-order valence-electron chi connectivity index (χ0n) is 13.1. The van der Waals surface area contributed by atoms with E-state index < -0.39 is 0 Å². The molecule has 5 nitrogen and oxygen atoms in total. The number of benzene rings is 1. The smallest absolute Gasteiger partial charge is 0.248 e. The zero-order chi connectivity index (χ0) is 16.5. The summed E-state index contributed by atoms with van der Waals surface area (Å²) in [6, 6.07) is 8.99. The second-order valence-electron chi connectivity index (χ2n) is 5.34. The third-order valence-electron chi connectivity index (χ3n) is 3.22.